The first-order valence-electron chi connectivity index (χ1n) is 7.36. The maximum atomic E-state index is 12.1. The van der Waals surface area contributed by atoms with Gasteiger partial charge in [-0.05, 0) is 25.2 Å². The number of carbonyl (C=O) groups excluding carboxylic acids is 3. The molecular weight excluding hydrogens is 290 g/mol. The maximum absolute atomic E-state index is 12.1. The van der Waals surface area contributed by atoms with Crippen LogP contribution in [0.2, 0.25) is 0 Å². The molecule has 1 saturated heterocycles. The van der Waals surface area contributed by atoms with Crippen molar-refractivity contribution < 1.29 is 24.3 Å². The molecule has 124 valence electrons. The third-order valence-electron chi connectivity index (χ3n) is 3.51. The van der Waals surface area contributed by atoms with Gasteiger partial charge in [-0.1, -0.05) is 13.8 Å². The monoisotopic (exact) mass is 313 g/mol. The predicted octanol–water partition coefficient (Wildman–Crippen LogP) is -0.121. The van der Waals surface area contributed by atoms with Crippen molar-refractivity contribution in [2.45, 2.75) is 45.2 Å². The Bertz CT molecular complexity index is 438. The second-order valence-corrected chi connectivity index (χ2v) is 5.90. The van der Waals surface area contributed by atoms with Crippen LogP contribution in [0.15, 0.2) is 0 Å². The minimum atomic E-state index is -1.29. The molecule has 1 fully saturated rings. The van der Waals surface area contributed by atoms with E-state index >= 15 is 0 Å². The molecule has 0 saturated carbocycles. The average molecular weight is 313 g/mol. The highest BCUT2D eigenvalue weighted by molar-refractivity contribution is 5.87. The van der Waals surface area contributed by atoms with E-state index in [-0.39, 0.29) is 24.2 Å². The van der Waals surface area contributed by atoms with Gasteiger partial charge in [-0.15, -0.1) is 0 Å². The molecule has 1 heterocycles. The number of hydrogen-bond donors (Lipinski definition) is 4. The normalized spacial score (nSPS) is 20.1. The summed E-state index contributed by atoms with van der Waals surface area (Å²) in [5.74, 6) is -0.862. The number of amides is 3. The Kier molecular flexibility index (Phi) is 6.81. The van der Waals surface area contributed by atoms with Crippen molar-refractivity contribution >= 4 is 24.2 Å². The van der Waals surface area contributed by atoms with E-state index in [4.69, 9.17) is 5.11 Å². The molecule has 4 N–H and O–H groups in total. The summed E-state index contributed by atoms with van der Waals surface area (Å²) in [5.41, 5.74) is 0. The molecule has 0 bridgehead atoms. The van der Waals surface area contributed by atoms with Gasteiger partial charge in [0.2, 0.25) is 11.8 Å². The SMILES string of the molecule is CC(C)CC(NC(=O)O)C(=O)NC(C=O)C[C@@H]1CCNC1=O. The number of aldehydes is 1. The van der Waals surface area contributed by atoms with Gasteiger partial charge < -0.3 is 25.9 Å². The van der Waals surface area contributed by atoms with Gasteiger partial charge in [0, 0.05) is 12.5 Å². The number of rotatable bonds is 8. The highest BCUT2D eigenvalue weighted by Crippen LogP contribution is 2.15. The third kappa shape index (κ3) is 5.71. The Labute approximate surface area is 129 Å². The predicted molar refractivity (Wildman–Crippen MR) is 78.1 cm³/mol. The molecule has 8 nitrogen and oxygen atoms in total. The van der Waals surface area contributed by atoms with E-state index in [2.05, 4.69) is 16.0 Å². The molecule has 1 aliphatic heterocycles. The molecule has 0 spiro atoms. The zero-order valence-electron chi connectivity index (χ0n) is 12.8. The van der Waals surface area contributed by atoms with E-state index in [1.807, 2.05) is 13.8 Å². The second-order valence-electron chi connectivity index (χ2n) is 5.90. The Morgan fingerprint density at radius 1 is 1.41 bits per heavy atom. The van der Waals surface area contributed by atoms with Gasteiger partial charge in [0.15, 0.2) is 0 Å². The molecule has 22 heavy (non-hydrogen) atoms. The summed E-state index contributed by atoms with van der Waals surface area (Å²) in [6, 6.07) is -1.72. The van der Waals surface area contributed by atoms with Gasteiger partial charge in [0.25, 0.3) is 0 Å². The van der Waals surface area contributed by atoms with Crippen LogP contribution in [0.1, 0.15) is 33.1 Å². The maximum Gasteiger partial charge on any atom is 0.405 e. The Morgan fingerprint density at radius 3 is 2.55 bits per heavy atom. The standard InChI is InChI=1S/C14H23N3O5/c1-8(2)5-11(17-14(21)22)13(20)16-10(7-18)6-9-3-4-15-12(9)19/h7-11,17H,3-6H2,1-2H3,(H,15,19)(H,16,20)(H,21,22)/t9-,10?,11?/m0/s1. The van der Waals surface area contributed by atoms with Crippen LogP contribution in [0, 0.1) is 11.8 Å². The van der Waals surface area contributed by atoms with E-state index in [1.165, 1.54) is 0 Å². The van der Waals surface area contributed by atoms with Gasteiger partial charge in [-0.25, -0.2) is 4.79 Å². The van der Waals surface area contributed by atoms with Crippen LogP contribution in [-0.4, -0.2) is 47.9 Å². The molecule has 1 aliphatic rings. The fraction of sp³-hybridized carbons (Fsp3) is 0.714. The largest absolute Gasteiger partial charge is 0.465 e. The summed E-state index contributed by atoms with van der Waals surface area (Å²) in [6.07, 6.45) is 0.466. The molecule has 3 atom stereocenters. The Hall–Kier alpha value is -2.12. The van der Waals surface area contributed by atoms with Crippen LogP contribution in [0.4, 0.5) is 4.79 Å². The number of nitrogens with one attached hydrogen (secondary N) is 3. The third-order valence-corrected chi connectivity index (χ3v) is 3.51. The number of hydrogen-bond acceptors (Lipinski definition) is 4. The molecule has 8 heteroatoms. The van der Waals surface area contributed by atoms with Crippen LogP contribution in [0.3, 0.4) is 0 Å². The van der Waals surface area contributed by atoms with E-state index in [1.54, 1.807) is 0 Å². The van der Waals surface area contributed by atoms with E-state index in [0.717, 1.165) is 0 Å². The summed E-state index contributed by atoms with van der Waals surface area (Å²) < 4.78 is 0. The summed E-state index contributed by atoms with van der Waals surface area (Å²) in [6.45, 7) is 4.30. The van der Waals surface area contributed by atoms with Crippen LogP contribution >= 0.6 is 0 Å². The van der Waals surface area contributed by atoms with Crippen molar-refractivity contribution in [1.82, 2.24) is 16.0 Å². The molecular formula is C14H23N3O5. The lowest BCUT2D eigenvalue weighted by atomic mass is 9.98. The second kappa shape index (κ2) is 8.35. The van der Waals surface area contributed by atoms with Gasteiger partial charge in [0.05, 0.1) is 6.04 Å². The summed E-state index contributed by atoms with van der Waals surface area (Å²) in [5, 5.41) is 16.1. The minimum Gasteiger partial charge on any atom is -0.465 e. The van der Waals surface area contributed by atoms with Crippen LogP contribution < -0.4 is 16.0 Å². The summed E-state index contributed by atoms with van der Waals surface area (Å²) in [4.78, 5) is 45.5. The first-order chi connectivity index (χ1) is 10.3. The highest BCUT2D eigenvalue weighted by atomic mass is 16.4. The lowest BCUT2D eigenvalue weighted by molar-refractivity contribution is -0.127. The van der Waals surface area contributed by atoms with Crippen molar-refractivity contribution in [3.05, 3.63) is 0 Å². The molecule has 1 rings (SSSR count). The van der Waals surface area contributed by atoms with Gasteiger partial charge in [-0.3, -0.25) is 9.59 Å². The van der Waals surface area contributed by atoms with E-state index < -0.39 is 24.1 Å². The molecule has 0 aromatic rings. The summed E-state index contributed by atoms with van der Waals surface area (Å²) in [7, 11) is 0. The van der Waals surface area contributed by atoms with Crippen molar-refractivity contribution in [2.75, 3.05) is 6.54 Å². The molecule has 2 unspecified atom stereocenters. The van der Waals surface area contributed by atoms with Gasteiger partial charge in [0.1, 0.15) is 12.3 Å². The van der Waals surface area contributed by atoms with Gasteiger partial charge in [-0.2, -0.15) is 0 Å². The van der Waals surface area contributed by atoms with Crippen LogP contribution in [0.5, 0.6) is 0 Å². The van der Waals surface area contributed by atoms with Crippen LogP contribution in [0.25, 0.3) is 0 Å². The van der Waals surface area contributed by atoms with Crippen molar-refractivity contribution in [2.24, 2.45) is 11.8 Å². The van der Waals surface area contributed by atoms with Crippen molar-refractivity contribution in [1.29, 1.82) is 0 Å². The lowest BCUT2D eigenvalue weighted by Crippen LogP contribution is -2.50. The Morgan fingerprint density at radius 2 is 2.09 bits per heavy atom. The smallest absolute Gasteiger partial charge is 0.405 e. The zero-order valence-corrected chi connectivity index (χ0v) is 12.8. The van der Waals surface area contributed by atoms with E-state index in [9.17, 15) is 19.2 Å². The first kappa shape index (κ1) is 17.9. The lowest BCUT2D eigenvalue weighted by Gasteiger charge is -2.22. The van der Waals surface area contributed by atoms with Gasteiger partial charge >= 0.3 is 6.09 Å². The highest BCUT2D eigenvalue weighted by Gasteiger charge is 2.29. The minimum absolute atomic E-state index is 0.109. The molecule has 0 radical (unpaired) electrons. The zero-order chi connectivity index (χ0) is 16.7. The quantitative estimate of drug-likeness (QED) is 0.465. The number of carbonyl (C=O) groups is 4. The van der Waals surface area contributed by atoms with E-state index in [0.29, 0.717) is 25.7 Å². The average Bonchev–Trinajstić information content (AvgIpc) is 2.81. The molecule has 0 aromatic heterocycles. The number of carboxylic acid groups (broad SMARTS) is 1. The molecule has 3 amide bonds. The fourth-order valence-corrected chi connectivity index (χ4v) is 2.46. The van der Waals surface area contributed by atoms with Crippen LogP contribution in [-0.2, 0) is 14.4 Å². The fourth-order valence-electron chi connectivity index (χ4n) is 2.46. The van der Waals surface area contributed by atoms with Crippen molar-refractivity contribution in [3.8, 4) is 0 Å². The topological polar surface area (TPSA) is 125 Å². The molecule has 0 aliphatic carbocycles. The Balaban J connectivity index is 2.61. The first-order valence-corrected chi connectivity index (χ1v) is 7.36. The summed E-state index contributed by atoms with van der Waals surface area (Å²) >= 11 is 0. The van der Waals surface area contributed by atoms with Crippen molar-refractivity contribution in [3.63, 3.8) is 0 Å². The molecule has 0 aromatic carbocycles.